The summed E-state index contributed by atoms with van der Waals surface area (Å²) in [5.41, 5.74) is 9.56. The first kappa shape index (κ1) is 32.4. The Hall–Kier alpha value is -4.99. The number of nitrogen functional groups attached to an aromatic ring is 1. The second-order valence-electron chi connectivity index (χ2n) is 10.6. The zero-order valence-corrected chi connectivity index (χ0v) is 26.2. The van der Waals surface area contributed by atoms with Crippen LogP contribution in [0.5, 0.6) is 5.75 Å². The number of halogens is 2. The van der Waals surface area contributed by atoms with Crippen LogP contribution in [0, 0.1) is 0 Å². The van der Waals surface area contributed by atoms with Gasteiger partial charge in [0.1, 0.15) is 22.8 Å². The number of anilines is 1. The second kappa shape index (κ2) is 13.6. The number of pyridine rings is 1. The van der Waals surface area contributed by atoms with Crippen molar-refractivity contribution < 1.29 is 26.7 Å². The van der Waals surface area contributed by atoms with Crippen LogP contribution in [-0.2, 0) is 16.3 Å². The average molecular weight is 654 g/mol. The molecular weight excluding hydrogens is 620 g/mol. The Bertz CT molecular complexity index is 1910. The fraction of sp³-hybridized carbons (Fsp3) is 0.333. The predicted octanol–water partition coefficient (Wildman–Crippen LogP) is 4.43. The molecule has 3 N–H and O–H groups in total. The molecule has 0 saturated heterocycles. The highest BCUT2D eigenvalue weighted by Gasteiger charge is 2.28. The van der Waals surface area contributed by atoms with E-state index >= 15 is 0 Å². The van der Waals surface area contributed by atoms with Gasteiger partial charge in [-0.25, -0.2) is 13.4 Å². The SMILES string of the molecule is CCCN(C(=O)c1nnc[nH]1)[C@H](CC)CCc1nc2c(-c3ccc(-c4ccc(OC(F)F)cc4)nc3)cnn2c(N)c1S(C)(=O)=O. The van der Waals surface area contributed by atoms with Gasteiger partial charge >= 0.3 is 6.61 Å². The first-order valence-corrected chi connectivity index (χ1v) is 16.5. The predicted molar refractivity (Wildman–Crippen MR) is 166 cm³/mol. The third kappa shape index (κ3) is 6.80. The number of hydrogen-bond acceptors (Lipinski definition) is 10. The number of nitrogens with two attached hydrogens (primary N) is 1. The number of H-pyrrole nitrogens is 1. The van der Waals surface area contributed by atoms with Gasteiger partial charge in [-0.1, -0.05) is 19.9 Å². The third-order valence-corrected chi connectivity index (χ3v) is 8.69. The molecule has 0 unspecified atom stereocenters. The van der Waals surface area contributed by atoms with Crippen LogP contribution >= 0.6 is 0 Å². The number of nitrogens with one attached hydrogen (secondary N) is 1. The number of carbonyl (C=O) groups excluding carboxylic acids is 1. The number of nitrogens with zero attached hydrogens (tertiary/aromatic N) is 7. The molecule has 0 aliphatic rings. The number of benzene rings is 1. The Morgan fingerprint density at radius 1 is 1.11 bits per heavy atom. The molecule has 1 amide bonds. The molecule has 5 rings (SSSR count). The van der Waals surface area contributed by atoms with E-state index in [-0.39, 0.29) is 46.4 Å². The number of rotatable bonds is 13. The zero-order valence-electron chi connectivity index (χ0n) is 25.4. The highest BCUT2D eigenvalue weighted by Crippen LogP contribution is 2.31. The highest BCUT2D eigenvalue weighted by molar-refractivity contribution is 7.91. The minimum absolute atomic E-state index is 0.0411. The summed E-state index contributed by atoms with van der Waals surface area (Å²) >= 11 is 0. The van der Waals surface area contributed by atoms with Crippen molar-refractivity contribution in [3.05, 3.63) is 66.6 Å². The Morgan fingerprint density at radius 2 is 1.85 bits per heavy atom. The Kier molecular flexibility index (Phi) is 9.55. The van der Waals surface area contributed by atoms with E-state index in [4.69, 9.17) is 10.7 Å². The molecule has 0 saturated carbocycles. The van der Waals surface area contributed by atoms with Crippen molar-refractivity contribution in [1.29, 1.82) is 0 Å². The van der Waals surface area contributed by atoms with E-state index in [0.29, 0.717) is 53.8 Å². The van der Waals surface area contributed by atoms with E-state index in [1.165, 1.54) is 29.2 Å². The van der Waals surface area contributed by atoms with Crippen molar-refractivity contribution in [3.63, 3.8) is 0 Å². The number of fused-ring (bicyclic) bond motifs is 1. The van der Waals surface area contributed by atoms with Gasteiger partial charge in [-0.3, -0.25) is 9.78 Å². The average Bonchev–Trinajstić information content (AvgIpc) is 3.71. The number of alkyl halides is 2. The maximum absolute atomic E-state index is 13.2. The summed E-state index contributed by atoms with van der Waals surface area (Å²) in [7, 11) is -3.81. The van der Waals surface area contributed by atoms with Gasteiger partial charge < -0.3 is 20.4 Å². The number of aromatic amines is 1. The van der Waals surface area contributed by atoms with Gasteiger partial charge in [0, 0.05) is 41.7 Å². The molecule has 0 aliphatic carbocycles. The molecule has 242 valence electrons. The van der Waals surface area contributed by atoms with Crippen molar-refractivity contribution >= 4 is 27.2 Å². The van der Waals surface area contributed by atoms with Crippen molar-refractivity contribution in [2.24, 2.45) is 0 Å². The topological polar surface area (TPSA) is 174 Å². The summed E-state index contributed by atoms with van der Waals surface area (Å²) < 4.78 is 56.6. The van der Waals surface area contributed by atoms with Crippen LogP contribution in [0.1, 0.15) is 49.4 Å². The molecule has 46 heavy (non-hydrogen) atoms. The van der Waals surface area contributed by atoms with E-state index in [1.807, 2.05) is 13.8 Å². The number of ether oxygens (including phenoxy) is 1. The Morgan fingerprint density at radius 3 is 2.43 bits per heavy atom. The number of sulfone groups is 1. The smallest absolute Gasteiger partial charge is 0.387 e. The molecule has 0 aliphatic heterocycles. The molecule has 0 spiro atoms. The largest absolute Gasteiger partial charge is 0.435 e. The number of aryl methyl sites for hydroxylation is 1. The Labute approximate surface area is 263 Å². The van der Waals surface area contributed by atoms with E-state index < -0.39 is 16.4 Å². The standard InChI is InChI=1S/C30H33F2N9O4S/c1-4-14-40(29(42)27-35-17-36-39-27)20(5-2)9-13-24-25(46(3,43)44)26(33)41-28(38-24)22(16-37-41)19-8-12-23(34-15-19)18-6-10-21(11-7-18)45-30(31)32/h6-8,10-12,15-17,20,30H,4-5,9,13-14,33H2,1-3H3,(H,35,36,39)/t20-/m1/s1. The van der Waals surface area contributed by atoms with Crippen molar-refractivity contribution in [3.8, 4) is 28.1 Å². The van der Waals surface area contributed by atoms with Crippen molar-refractivity contribution in [1.82, 2.24) is 39.7 Å². The molecule has 5 aromatic rings. The minimum atomic E-state index is -3.81. The molecular formula is C30H33F2N9O4S. The van der Waals surface area contributed by atoms with Crippen LogP contribution in [0.3, 0.4) is 0 Å². The monoisotopic (exact) mass is 653 g/mol. The lowest BCUT2D eigenvalue weighted by molar-refractivity contribution is -0.0498. The van der Waals surface area contributed by atoms with Crippen LogP contribution < -0.4 is 10.5 Å². The first-order valence-electron chi connectivity index (χ1n) is 14.6. The van der Waals surface area contributed by atoms with Gasteiger partial charge in [-0.05, 0) is 56.0 Å². The van der Waals surface area contributed by atoms with E-state index in [1.54, 1.807) is 35.4 Å². The number of amides is 1. The molecule has 4 aromatic heterocycles. The molecule has 1 aromatic carbocycles. The summed E-state index contributed by atoms with van der Waals surface area (Å²) in [6, 6.07) is 9.45. The summed E-state index contributed by atoms with van der Waals surface area (Å²) in [5.74, 6) is -0.183. The van der Waals surface area contributed by atoms with Gasteiger partial charge in [0.15, 0.2) is 15.5 Å². The second-order valence-corrected chi connectivity index (χ2v) is 12.6. The lowest BCUT2D eigenvalue weighted by atomic mass is 10.0. The van der Waals surface area contributed by atoms with Crippen LogP contribution in [0.15, 0.2) is 60.0 Å². The molecule has 4 heterocycles. The normalized spacial score (nSPS) is 12.5. The molecule has 0 fully saturated rings. The van der Waals surface area contributed by atoms with Crippen molar-refractivity contribution in [2.75, 3.05) is 18.5 Å². The minimum Gasteiger partial charge on any atom is -0.435 e. The zero-order chi connectivity index (χ0) is 33.0. The van der Waals surface area contributed by atoms with Gasteiger partial charge in [-0.2, -0.15) is 18.4 Å². The molecule has 16 heteroatoms. The number of aromatic nitrogens is 7. The lowest BCUT2D eigenvalue weighted by Crippen LogP contribution is -2.41. The number of hydrogen-bond donors (Lipinski definition) is 2. The fourth-order valence-electron chi connectivity index (χ4n) is 5.38. The maximum Gasteiger partial charge on any atom is 0.387 e. The number of carbonyl (C=O) groups is 1. The van der Waals surface area contributed by atoms with Crippen LogP contribution in [0.2, 0.25) is 0 Å². The van der Waals surface area contributed by atoms with Crippen LogP contribution in [0.4, 0.5) is 14.6 Å². The van der Waals surface area contributed by atoms with E-state index in [2.05, 4.69) is 30.0 Å². The van der Waals surface area contributed by atoms with E-state index in [9.17, 15) is 22.0 Å². The van der Waals surface area contributed by atoms with Gasteiger partial charge in [-0.15, -0.1) is 10.2 Å². The summed E-state index contributed by atoms with van der Waals surface area (Å²) in [6.45, 7) is 1.49. The molecule has 0 radical (unpaired) electrons. The quantitative estimate of drug-likeness (QED) is 0.185. The molecule has 13 nitrogen and oxygen atoms in total. The summed E-state index contributed by atoms with van der Waals surface area (Å²) in [6.07, 6.45) is 7.54. The Balaban J connectivity index is 1.47. The molecule has 0 bridgehead atoms. The first-order chi connectivity index (χ1) is 22.0. The van der Waals surface area contributed by atoms with Gasteiger partial charge in [0.2, 0.25) is 5.82 Å². The van der Waals surface area contributed by atoms with E-state index in [0.717, 1.165) is 6.26 Å². The summed E-state index contributed by atoms with van der Waals surface area (Å²) in [4.78, 5) is 26.9. The fourth-order valence-corrected chi connectivity index (χ4v) is 6.42. The maximum atomic E-state index is 13.2. The summed E-state index contributed by atoms with van der Waals surface area (Å²) in [5, 5.41) is 11.9. The lowest BCUT2D eigenvalue weighted by Gasteiger charge is -2.30. The van der Waals surface area contributed by atoms with Crippen LogP contribution in [-0.4, -0.2) is 79.4 Å². The van der Waals surface area contributed by atoms with Crippen LogP contribution in [0.25, 0.3) is 28.0 Å². The van der Waals surface area contributed by atoms with Gasteiger partial charge in [0.05, 0.1) is 17.6 Å². The van der Waals surface area contributed by atoms with Crippen molar-refractivity contribution in [2.45, 2.75) is 57.1 Å². The molecule has 1 atom stereocenters. The third-order valence-electron chi connectivity index (χ3n) is 7.50. The van der Waals surface area contributed by atoms with Gasteiger partial charge in [0.25, 0.3) is 5.91 Å². The highest BCUT2D eigenvalue weighted by atomic mass is 32.2.